The molecular weight excluding hydrogens is 271 g/mol. The molecule has 20 heavy (non-hydrogen) atoms. The van der Waals surface area contributed by atoms with Gasteiger partial charge in [-0.2, -0.15) is 0 Å². The molecule has 0 heterocycles. The zero-order valence-corrected chi connectivity index (χ0v) is 10.7. The van der Waals surface area contributed by atoms with Gasteiger partial charge in [-0.05, 0) is 12.1 Å². The number of aliphatic hydroxyl groups excluding tert-OH is 1. The fourth-order valence-electron chi connectivity index (χ4n) is 1.38. The highest BCUT2D eigenvalue weighted by molar-refractivity contribution is 5.90. The molecule has 1 atom stereocenters. The molecule has 0 aliphatic rings. The van der Waals surface area contributed by atoms with Gasteiger partial charge < -0.3 is 25.6 Å². The van der Waals surface area contributed by atoms with Crippen LogP contribution in [-0.4, -0.2) is 42.0 Å². The molecule has 0 spiro atoms. The number of ether oxygens (including phenoxy) is 1. The van der Waals surface area contributed by atoms with Crippen LogP contribution in [0.3, 0.4) is 0 Å². The fourth-order valence-corrected chi connectivity index (χ4v) is 1.38. The lowest BCUT2D eigenvalue weighted by Gasteiger charge is -2.11. The lowest BCUT2D eigenvalue weighted by Crippen LogP contribution is -2.33. The van der Waals surface area contributed by atoms with Gasteiger partial charge in [0.05, 0.1) is 12.8 Å². The molecule has 0 saturated carbocycles. The average molecular weight is 286 g/mol. The van der Waals surface area contributed by atoms with Gasteiger partial charge in [0.2, 0.25) is 0 Å². The molecule has 7 nitrogen and oxygen atoms in total. The zero-order valence-electron chi connectivity index (χ0n) is 10.7. The molecule has 0 fully saturated rings. The number of carboxylic acid groups (broad SMARTS) is 1. The summed E-state index contributed by atoms with van der Waals surface area (Å²) in [5.41, 5.74) is 0.269. The predicted octanol–water partition coefficient (Wildman–Crippen LogP) is 0.791. The third kappa shape index (κ3) is 4.73. The van der Waals surface area contributed by atoms with E-state index in [1.807, 2.05) is 0 Å². The van der Waals surface area contributed by atoms with Crippen LogP contribution in [0, 0.1) is 5.82 Å². The van der Waals surface area contributed by atoms with E-state index < -0.39 is 23.9 Å². The minimum Gasteiger partial charge on any atom is -0.494 e. The Labute approximate surface area is 114 Å². The topological polar surface area (TPSA) is 108 Å². The van der Waals surface area contributed by atoms with Crippen LogP contribution in [0.5, 0.6) is 5.75 Å². The third-order valence-corrected chi connectivity index (χ3v) is 2.40. The van der Waals surface area contributed by atoms with Crippen molar-refractivity contribution < 1.29 is 28.9 Å². The summed E-state index contributed by atoms with van der Waals surface area (Å²) in [5, 5.41) is 22.2. The van der Waals surface area contributed by atoms with Crippen LogP contribution in [-0.2, 0) is 4.79 Å². The Morgan fingerprint density at radius 3 is 2.75 bits per heavy atom. The number of anilines is 1. The molecule has 4 N–H and O–H groups in total. The average Bonchev–Trinajstić information content (AvgIpc) is 2.40. The molecule has 0 saturated heterocycles. The maximum Gasteiger partial charge on any atom is 0.332 e. The zero-order chi connectivity index (χ0) is 15.1. The molecule has 0 bridgehead atoms. The lowest BCUT2D eigenvalue weighted by molar-refractivity contribution is -0.146. The maximum atomic E-state index is 12.9. The molecule has 8 heteroatoms. The van der Waals surface area contributed by atoms with Gasteiger partial charge in [0, 0.05) is 19.0 Å². The van der Waals surface area contributed by atoms with Crippen molar-refractivity contribution in [2.75, 3.05) is 19.0 Å². The molecule has 0 aliphatic carbocycles. The van der Waals surface area contributed by atoms with E-state index in [0.717, 1.165) is 12.1 Å². The summed E-state index contributed by atoms with van der Waals surface area (Å²) in [6, 6.07) is 2.99. The largest absolute Gasteiger partial charge is 0.494 e. The second kappa shape index (κ2) is 7.29. The number of rotatable bonds is 6. The molecule has 2 amide bonds. The number of carbonyl (C=O) groups is 2. The molecular formula is C12H15FN2O5. The normalized spacial score (nSPS) is 11.6. The van der Waals surface area contributed by atoms with Crippen molar-refractivity contribution in [1.82, 2.24) is 5.32 Å². The Hall–Kier alpha value is -2.35. The van der Waals surface area contributed by atoms with Crippen LogP contribution < -0.4 is 15.4 Å². The van der Waals surface area contributed by atoms with Gasteiger partial charge in [0.25, 0.3) is 0 Å². The Balaban J connectivity index is 2.48. The molecule has 0 aromatic heterocycles. The minimum atomic E-state index is -1.53. The molecule has 0 radical (unpaired) electrons. The number of aliphatic hydroxyl groups is 1. The number of aliphatic carboxylic acids is 1. The van der Waals surface area contributed by atoms with E-state index in [2.05, 4.69) is 10.6 Å². The summed E-state index contributed by atoms with van der Waals surface area (Å²) < 4.78 is 17.8. The van der Waals surface area contributed by atoms with Gasteiger partial charge in [-0.1, -0.05) is 0 Å². The van der Waals surface area contributed by atoms with E-state index >= 15 is 0 Å². The van der Waals surface area contributed by atoms with Gasteiger partial charge in [0.1, 0.15) is 11.6 Å². The number of urea groups is 1. The van der Waals surface area contributed by atoms with Gasteiger partial charge in [-0.3, -0.25) is 0 Å². The second-order valence-corrected chi connectivity index (χ2v) is 3.87. The minimum absolute atomic E-state index is 0.0250. The van der Waals surface area contributed by atoms with Crippen molar-refractivity contribution in [1.29, 1.82) is 0 Å². The first kappa shape index (κ1) is 15.7. The van der Waals surface area contributed by atoms with Gasteiger partial charge in [0.15, 0.2) is 6.10 Å². The van der Waals surface area contributed by atoms with E-state index in [1.165, 1.54) is 13.2 Å². The summed E-state index contributed by atoms with van der Waals surface area (Å²) in [4.78, 5) is 21.9. The first-order chi connectivity index (χ1) is 9.43. The van der Waals surface area contributed by atoms with Crippen LogP contribution in [0.2, 0.25) is 0 Å². The summed E-state index contributed by atoms with van der Waals surface area (Å²) in [5.74, 6) is -1.70. The smallest absolute Gasteiger partial charge is 0.332 e. The highest BCUT2D eigenvalue weighted by Gasteiger charge is 2.13. The molecule has 1 aromatic carbocycles. The highest BCUT2D eigenvalue weighted by atomic mass is 19.1. The number of amides is 2. The Morgan fingerprint density at radius 1 is 1.45 bits per heavy atom. The van der Waals surface area contributed by atoms with Crippen molar-refractivity contribution in [3.05, 3.63) is 24.0 Å². The molecule has 0 unspecified atom stereocenters. The first-order valence-corrected chi connectivity index (χ1v) is 5.73. The van der Waals surface area contributed by atoms with Crippen LogP contribution >= 0.6 is 0 Å². The standard InChI is InChI=1S/C12H15FN2O5/c1-20-10-6-7(13)2-3-8(10)15-12(19)14-5-4-9(16)11(17)18/h2-3,6,9,16H,4-5H2,1H3,(H,17,18)(H2,14,15,19)/t9-/m0/s1. The van der Waals surface area contributed by atoms with Gasteiger partial charge in [-0.15, -0.1) is 0 Å². The van der Waals surface area contributed by atoms with Crippen LogP contribution in [0.25, 0.3) is 0 Å². The van der Waals surface area contributed by atoms with E-state index in [4.69, 9.17) is 14.9 Å². The predicted molar refractivity (Wildman–Crippen MR) is 68.2 cm³/mol. The Bertz CT molecular complexity index is 495. The number of hydrogen-bond donors (Lipinski definition) is 4. The highest BCUT2D eigenvalue weighted by Crippen LogP contribution is 2.24. The molecule has 1 aromatic rings. The summed E-state index contributed by atoms with van der Waals surface area (Å²) >= 11 is 0. The monoisotopic (exact) mass is 286 g/mol. The fraction of sp³-hybridized carbons (Fsp3) is 0.333. The first-order valence-electron chi connectivity index (χ1n) is 5.73. The molecule has 110 valence electrons. The molecule has 1 rings (SSSR count). The third-order valence-electron chi connectivity index (χ3n) is 2.40. The van der Waals surface area contributed by atoms with Crippen molar-refractivity contribution in [2.45, 2.75) is 12.5 Å². The lowest BCUT2D eigenvalue weighted by atomic mass is 10.2. The summed E-state index contributed by atoms with van der Waals surface area (Å²) in [6.07, 6.45) is -1.65. The van der Waals surface area contributed by atoms with Crippen molar-refractivity contribution in [3.63, 3.8) is 0 Å². The quantitative estimate of drug-likeness (QED) is 0.618. The molecule has 0 aliphatic heterocycles. The van der Waals surface area contributed by atoms with Crippen molar-refractivity contribution in [3.8, 4) is 5.75 Å². The van der Waals surface area contributed by atoms with Crippen LogP contribution in [0.4, 0.5) is 14.9 Å². The number of benzene rings is 1. The van der Waals surface area contributed by atoms with Crippen molar-refractivity contribution >= 4 is 17.7 Å². The van der Waals surface area contributed by atoms with E-state index in [-0.39, 0.29) is 24.4 Å². The number of carbonyl (C=O) groups excluding carboxylic acids is 1. The van der Waals surface area contributed by atoms with Gasteiger partial charge in [-0.25, -0.2) is 14.0 Å². The van der Waals surface area contributed by atoms with E-state index in [1.54, 1.807) is 0 Å². The number of hydrogen-bond acceptors (Lipinski definition) is 4. The Morgan fingerprint density at radius 2 is 2.15 bits per heavy atom. The number of halogens is 1. The van der Waals surface area contributed by atoms with Crippen LogP contribution in [0.1, 0.15) is 6.42 Å². The maximum absolute atomic E-state index is 12.9. The van der Waals surface area contributed by atoms with E-state index in [0.29, 0.717) is 0 Å². The summed E-state index contributed by atoms with van der Waals surface area (Å²) in [6.45, 7) is -0.0250. The van der Waals surface area contributed by atoms with Gasteiger partial charge >= 0.3 is 12.0 Å². The number of nitrogens with one attached hydrogen (secondary N) is 2. The van der Waals surface area contributed by atoms with Crippen LogP contribution in [0.15, 0.2) is 18.2 Å². The summed E-state index contributed by atoms with van der Waals surface area (Å²) in [7, 11) is 1.33. The Kier molecular flexibility index (Phi) is 5.73. The van der Waals surface area contributed by atoms with Crippen molar-refractivity contribution in [2.24, 2.45) is 0 Å². The number of methoxy groups -OCH3 is 1. The SMILES string of the molecule is COc1cc(F)ccc1NC(=O)NCC[C@H](O)C(=O)O. The second-order valence-electron chi connectivity index (χ2n) is 3.87. The van der Waals surface area contributed by atoms with E-state index in [9.17, 15) is 14.0 Å². The number of carboxylic acids is 1.